The van der Waals surface area contributed by atoms with Crippen LogP contribution >= 0.6 is 0 Å². The number of fused-ring (bicyclic) bond motifs is 1. The van der Waals surface area contributed by atoms with E-state index >= 15 is 0 Å². The second kappa shape index (κ2) is 6.73. The smallest absolute Gasteiger partial charge is 0.407 e. The largest absolute Gasteiger partial charge is 0.456 e. The van der Waals surface area contributed by atoms with Gasteiger partial charge in [-0.05, 0) is 51.7 Å². The number of nitrogens with one attached hydrogen (secondary N) is 1. The topological polar surface area (TPSA) is 71.8 Å². The van der Waals surface area contributed by atoms with Crippen LogP contribution in [0, 0.1) is 11.8 Å². The summed E-state index contributed by atoms with van der Waals surface area (Å²) in [5.41, 5.74) is -0.504. The van der Waals surface area contributed by atoms with Gasteiger partial charge in [0.1, 0.15) is 11.4 Å². The Morgan fingerprint density at radius 1 is 1.28 bits per heavy atom. The first-order chi connectivity index (χ1) is 11.8. The minimum atomic E-state index is -0.504. The van der Waals surface area contributed by atoms with Gasteiger partial charge in [0.05, 0.1) is 0 Å². The summed E-state index contributed by atoms with van der Waals surface area (Å²) < 4.78 is 11.0. The average Bonchev–Trinajstić information content (AvgIpc) is 3.21. The number of carbonyl (C=O) groups excluding carboxylic acids is 2. The standard InChI is InChI=1S/C19H28N2O4/c1-5-13-7-9-16(24-13)17(22)21-10-12-6-8-15(14(12)11-21)20-18(23)25-19(2,3)4/h7,9,12,14-15H,5-6,8,10-11H2,1-4H3,(H,20,23). The van der Waals surface area contributed by atoms with Gasteiger partial charge in [0.15, 0.2) is 5.76 Å². The lowest BCUT2D eigenvalue weighted by atomic mass is 9.98. The molecule has 25 heavy (non-hydrogen) atoms. The zero-order valence-corrected chi connectivity index (χ0v) is 15.5. The Morgan fingerprint density at radius 2 is 2.04 bits per heavy atom. The third-order valence-electron chi connectivity index (χ3n) is 5.07. The zero-order chi connectivity index (χ0) is 18.2. The van der Waals surface area contributed by atoms with Gasteiger partial charge < -0.3 is 19.4 Å². The Morgan fingerprint density at radius 3 is 2.68 bits per heavy atom. The van der Waals surface area contributed by atoms with Crippen molar-refractivity contribution in [2.24, 2.45) is 11.8 Å². The van der Waals surface area contributed by atoms with Crippen molar-refractivity contribution in [1.82, 2.24) is 10.2 Å². The first-order valence-electron chi connectivity index (χ1n) is 9.14. The molecule has 3 rings (SSSR count). The number of nitrogens with zero attached hydrogens (tertiary/aromatic N) is 1. The van der Waals surface area contributed by atoms with Crippen LogP contribution in [0.2, 0.25) is 0 Å². The fraction of sp³-hybridized carbons (Fsp3) is 0.684. The zero-order valence-electron chi connectivity index (χ0n) is 15.5. The number of hydrogen-bond donors (Lipinski definition) is 1. The van der Waals surface area contributed by atoms with Crippen molar-refractivity contribution in [3.8, 4) is 0 Å². The van der Waals surface area contributed by atoms with Crippen LogP contribution in [0.5, 0.6) is 0 Å². The van der Waals surface area contributed by atoms with E-state index in [0.29, 0.717) is 18.2 Å². The molecule has 6 nitrogen and oxygen atoms in total. The van der Waals surface area contributed by atoms with Gasteiger partial charge in [0, 0.05) is 31.5 Å². The highest BCUT2D eigenvalue weighted by Crippen LogP contribution is 2.38. The van der Waals surface area contributed by atoms with Gasteiger partial charge >= 0.3 is 6.09 Å². The van der Waals surface area contributed by atoms with Gasteiger partial charge in [-0.25, -0.2) is 4.79 Å². The van der Waals surface area contributed by atoms with Crippen LogP contribution in [-0.4, -0.2) is 41.6 Å². The van der Waals surface area contributed by atoms with Crippen LogP contribution in [0.25, 0.3) is 0 Å². The van der Waals surface area contributed by atoms with Gasteiger partial charge in [-0.1, -0.05) is 6.92 Å². The third-order valence-corrected chi connectivity index (χ3v) is 5.07. The highest BCUT2D eigenvalue weighted by atomic mass is 16.6. The molecular formula is C19H28N2O4. The molecule has 1 N–H and O–H groups in total. The fourth-order valence-corrected chi connectivity index (χ4v) is 3.91. The molecule has 1 aliphatic heterocycles. The SMILES string of the molecule is CCc1ccc(C(=O)N2CC3CCC(NC(=O)OC(C)(C)C)C3C2)o1. The minimum absolute atomic E-state index is 0.0508. The average molecular weight is 348 g/mol. The molecule has 1 aromatic rings. The monoisotopic (exact) mass is 348 g/mol. The minimum Gasteiger partial charge on any atom is -0.456 e. The van der Waals surface area contributed by atoms with Gasteiger partial charge in [-0.2, -0.15) is 0 Å². The molecule has 2 heterocycles. The van der Waals surface area contributed by atoms with Crippen molar-refractivity contribution in [3.63, 3.8) is 0 Å². The van der Waals surface area contributed by atoms with E-state index in [2.05, 4.69) is 5.32 Å². The summed E-state index contributed by atoms with van der Waals surface area (Å²) in [7, 11) is 0. The highest BCUT2D eigenvalue weighted by Gasteiger charge is 2.45. The second-order valence-electron chi connectivity index (χ2n) is 8.08. The Hall–Kier alpha value is -1.98. The molecule has 0 radical (unpaired) electrons. The second-order valence-corrected chi connectivity index (χ2v) is 8.08. The van der Waals surface area contributed by atoms with E-state index in [1.807, 2.05) is 38.7 Å². The van der Waals surface area contributed by atoms with Crippen molar-refractivity contribution in [3.05, 3.63) is 23.7 Å². The predicted molar refractivity (Wildman–Crippen MR) is 93.4 cm³/mol. The summed E-state index contributed by atoms with van der Waals surface area (Å²) in [6, 6.07) is 3.68. The number of carbonyl (C=O) groups is 2. The summed E-state index contributed by atoms with van der Waals surface area (Å²) in [5, 5.41) is 3.00. The molecule has 3 unspecified atom stereocenters. The fourth-order valence-electron chi connectivity index (χ4n) is 3.91. The summed E-state index contributed by atoms with van der Waals surface area (Å²) >= 11 is 0. The maximum absolute atomic E-state index is 12.6. The predicted octanol–water partition coefficient (Wildman–Crippen LogP) is 3.22. The molecule has 3 atom stereocenters. The van der Waals surface area contributed by atoms with E-state index in [-0.39, 0.29) is 24.0 Å². The summed E-state index contributed by atoms with van der Waals surface area (Å²) in [5.74, 6) is 1.91. The Labute approximate surface area is 148 Å². The molecule has 2 aliphatic rings. The first-order valence-corrected chi connectivity index (χ1v) is 9.14. The van der Waals surface area contributed by atoms with Crippen LogP contribution in [-0.2, 0) is 11.2 Å². The van der Waals surface area contributed by atoms with Crippen molar-refractivity contribution in [1.29, 1.82) is 0 Å². The number of rotatable bonds is 3. The van der Waals surface area contributed by atoms with Crippen LogP contribution in [0.1, 0.15) is 56.9 Å². The number of likely N-dealkylation sites (tertiary alicyclic amines) is 1. The van der Waals surface area contributed by atoms with Gasteiger partial charge in [0.2, 0.25) is 0 Å². The van der Waals surface area contributed by atoms with E-state index in [0.717, 1.165) is 31.6 Å². The van der Waals surface area contributed by atoms with E-state index in [1.165, 1.54) is 0 Å². The van der Waals surface area contributed by atoms with Crippen molar-refractivity contribution >= 4 is 12.0 Å². The van der Waals surface area contributed by atoms with Crippen LogP contribution in [0.4, 0.5) is 4.79 Å². The molecule has 1 saturated heterocycles. The van der Waals surface area contributed by atoms with E-state index in [4.69, 9.17) is 9.15 Å². The summed E-state index contributed by atoms with van der Waals surface area (Å²) in [6.45, 7) is 8.96. The van der Waals surface area contributed by atoms with E-state index in [9.17, 15) is 9.59 Å². The number of alkyl carbamates (subject to hydrolysis) is 1. The maximum Gasteiger partial charge on any atom is 0.407 e. The normalized spacial score (nSPS) is 25.8. The molecule has 2 fully saturated rings. The lowest BCUT2D eigenvalue weighted by Crippen LogP contribution is -2.42. The van der Waals surface area contributed by atoms with E-state index < -0.39 is 5.60 Å². The summed E-state index contributed by atoms with van der Waals surface area (Å²) in [6.07, 6.45) is 2.37. The molecule has 6 heteroatoms. The highest BCUT2D eigenvalue weighted by molar-refractivity contribution is 5.91. The van der Waals surface area contributed by atoms with Crippen molar-refractivity contribution in [2.75, 3.05) is 13.1 Å². The van der Waals surface area contributed by atoms with Gasteiger partial charge in [-0.3, -0.25) is 4.79 Å². The quantitative estimate of drug-likeness (QED) is 0.910. The van der Waals surface area contributed by atoms with Crippen LogP contribution in [0.3, 0.4) is 0 Å². The number of aryl methyl sites for hydroxylation is 1. The van der Waals surface area contributed by atoms with Crippen LogP contribution in [0.15, 0.2) is 16.5 Å². The number of ether oxygens (including phenoxy) is 1. The molecule has 0 bridgehead atoms. The van der Waals surface area contributed by atoms with E-state index in [1.54, 1.807) is 6.07 Å². The van der Waals surface area contributed by atoms with Gasteiger partial charge in [0.25, 0.3) is 5.91 Å². The Bertz CT molecular complexity index is 646. The molecule has 1 aromatic heterocycles. The molecule has 2 amide bonds. The molecule has 138 valence electrons. The molecule has 1 saturated carbocycles. The number of furan rings is 1. The Balaban J connectivity index is 1.59. The maximum atomic E-state index is 12.6. The van der Waals surface area contributed by atoms with Gasteiger partial charge in [-0.15, -0.1) is 0 Å². The van der Waals surface area contributed by atoms with Crippen molar-refractivity contribution < 1.29 is 18.7 Å². The first kappa shape index (κ1) is 17.8. The Kier molecular flexibility index (Phi) is 4.80. The molecule has 0 aromatic carbocycles. The number of amides is 2. The van der Waals surface area contributed by atoms with Crippen molar-refractivity contribution in [2.45, 2.75) is 58.6 Å². The lowest BCUT2D eigenvalue weighted by Gasteiger charge is -2.24. The molecular weight excluding hydrogens is 320 g/mol. The third kappa shape index (κ3) is 3.99. The van der Waals surface area contributed by atoms with Crippen LogP contribution < -0.4 is 5.32 Å². The number of hydrogen-bond acceptors (Lipinski definition) is 4. The summed E-state index contributed by atoms with van der Waals surface area (Å²) in [4.78, 5) is 26.5. The molecule has 1 aliphatic carbocycles. The lowest BCUT2D eigenvalue weighted by molar-refractivity contribution is 0.0491. The molecule has 0 spiro atoms.